The quantitative estimate of drug-likeness (QED) is 0.729. The molecule has 0 N–H and O–H groups in total. The minimum atomic E-state index is -0.856. The van der Waals surface area contributed by atoms with Gasteiger partial charge in [-0.1, -0.05) is 29.5 Å². The molecule has 0 amide bonds. The molecule has 0 bridgehead atoms. The van der Waals surface area contributed by atoms with Crippen LogP contribution in [0.2, 0.25) is 0 Å². The van der Waals surface area contributed by atoms with Gasteiger partial charge in [-0.15, -0.1) is 0 Å². The molecule has 1 fully saturated rings. The van der Waals surface area contributed by atoms with Crippen molar-refractivity contribution in [3.63, 3.8) is 0 Å². The number of rotatable bonds is 3. The normalized spacial score (nSPS) is 14.2. The third-order valence-corrected chi connectivity index (χ3v) is 4.88. The first-order valence-electron chi connectivity index (χ1n) is 7.53. The highest BCUT2D eigenvalue weighted by Gasteiger charge is 2.29. The lowest BCUT2D eigenvalue weighted by atomic mass is 10.2. The Hall–Kier alpha value is -2.41. The lowest BCUT2D eigenvalue weighted by Gasteiger charge is -2.09. The van der Waals surface area contributed by atoms with Crippen molar-refractivity contribution in [3.8, 4) is 0 Å². The standard InChI is InChI=1S/C17H13FN2O3S/c1-9-2-6-11(7-3-9)24-15-13(18)8-12-14(19-15)20(10-4-5-10)17(22)23-16(12)21/h2-3,6-8,10H,4-5H2,1H3. The Morgan fingerprint density at radius 3 is 2.62 bits per heavy atom. The number of fused-ring (bicyclic) bond motifs is 1. The van der Waals surface area contributed by atoms with Crippen molar-refractivity contribution < 1.29 is 8.81 Å². The van der Waals surface area contributed by atoms with Crippen molar-refractivity contribution >= 4 is 22.8 Å². The van der Waals surface area contributed by atoms with Crippen LogP contribution in [0.3, 0.4) is 0 Å². The Bertz CT molecular complexity index is 1050. The van der Waals surface area contributed by atoms with Crippen LogP contribution in [-0.2, 0) is 0 Å². The Labute approximate surface area is 140 Å². The van der Waals surface area contributed by atoms with Crippen LogP contribution in [0.15, 0.2) is 54.3 Å². The summed E-state index contributed by atoms with van der Waals surface area (Å²) in [6.07, 6.45) is 1.64. The summed E-state index contributed by atoms with van der Waals surface area (Å²) in [7, 11) is 0. The number of hydrogen-bond donors (Lipinski definition) is 0. The second kappa shape index (κ2) is 5.59. The highest BCUT2D eigenvalue weighted by Crippen LogP contribution is 2.36. The van der Waals surface area contributed by atoms with Crippen molar-refractivity contribution in [1.29, 1.82) is 0 Å². The smallest absolute Gasteiger partial charge is 0.372 e. The van der Waals surface area contributed by atoms with Crippen molar-refractivity contribution in [1.82, 2.24) is 9.55 Å². The van der Waals surface area contributed by atoms with Crippen LogP contribution in [0.1, 0.15) is 24.4 Å². The van der Waals surface area contributed by atoms with E-state index in [-0.39, 0.29) is 22.1 Å². The maximum atomic E-state index is 14.4. The van der Waals surface area contributed by atoms with Crippen LogP contribution >= 0.6 is 11.8 Å². The number of pyridine rings is 1. The van der Waals surface area contributed by atoms with E-state index in [4.69, 9.17) is 0 Å². The molecule has 1 saturated carbocycles. The molecule has 5 nitrogen and oxygen atoms in total. The van der Waals surface area contributed by atoms with Crippen LogP contribution in [0.4, 0.5) is 4.39 Å². The minimum absolute atomic E-state index is 0.00717. The number of nitrogens with zero attached hydrogens (tertiary/aromatic N) is 2. The molecule has 0 saturated heterocycles. The number of aromatic nitrogens is 2. The zero-order valence-corrected chi connectivity index (χ0v) is 13.6. The van der Waals surface area contributed by atoms with Gasteiger partial charge in [-0.2, -0.15) is 0 Å². The summed E-state index contributed by atoms with van der Waals surface area (Å²) < 4.78 is 20.4. The van der Waals surface area contributed by atoms with E-state index in [0.29, 0.717) is 0 Å². The van der Waals surface area contributed by atoms with Crippen LogP contribution < -0.4 is 11.4 Å². The molecular formula is C17H13FN2O3S. The van der Waals surface area contributed by atoms with Gasteiger partial charge in [0.2, 0.25) is 0 Å². The van der Waals surface area contributed by atoms with Crippen LogP contribution in [0.5, 0.6) is 0 Å². The lowest BCUT2D eigenvalue weighted by Crippen LogP contribution is -2.25. The maximum absolute atomic E-state index is 14.4. The number of aryl methyl sites for hydroxylation is 1. The molecule has 0 spiro atoms. The van der Waals surface area contributed by atoms with E-state index in [1.54, 1.807) is 0 Å². The molecule has 2 heterocycles. The first-order chi connectivity index (χ1) is 11.5. The van der Waals surface area contributed by atoms with Crippen LogP contribution in [0, 0.1) is 12.7 Å². The van der Waals surface area contributed by atoms with Gasteiger partial charge in [-0.05, 0) is 38.0 Å². The van der Waals surface area contributed by atoms with Gasteiger partial charge in [0.15, 0.2) is 11.5 Å². The fourth-order valence-electron chi connectivity index (χ4n) is 2.51. The summed E-state index contributed by atoms with van der Waals surface area (Å²) in [6, 6.07) is 8.67. The first-order valence-corrected chi connectivity index (χ1v) is 8.35. The molecular weight excluding hydrogens is 331 g/mol. The maximum Gasteiger partial charge on any atom is 0.423 e. The Morgan fingerprint density at radius 2 is 1.96 bits per heavy atom. The van der Waals surface area contributed by atoms with Gasteiger partial charge in [-0.25, -0.2) is 19.0 Å². The molecule has 24 heavy (non-hydrogen) atoms. The average Bonchev–Trinajstić information content (AvgIpc) is 3.36. The van der Waals surface area contributed by atoms with Gasteiger partial charge in [0.25, 0.3) is 0 Å². The molecule has 2 aromatic heterocycles. The topological polar surface area (TPSA) is 65.1 Å². The van der Waals surface area contributed by atoms with Crippen molar-refractivity contribution in [3.05, 3.63) is 62.7 Å². The number of hydrogen-bond acceptors (Lipinski definition) is 5. The van der Waals surface area contributed by atoms with E-state index in [9.17, 15) is 14.0 Å². The summed E-state index contributed by atoms with van der Waals surface area (Å²) in [5, 5.41) is 0.123. The summed E-state index contributed by atoms with van der Waals surface area (Å²) in [5.74, 6) is -1.35. The SMILES string of the molecule is Cc1ccc(Sc2nc3c(cc2F)c(=O)oc(=O)n3C2CC2)cc1. The molecule has 4 rings (SSSR count). The molecule has 1 aromatic carbocycles. The summed E-state index contributed by atoms with van der Waals surface area (Å²) >= 11 is 1.16. The van der Waals surface area contributed by atoms with E-state index in [0.717, 1.165) is 41.1 Å². The second-order valence-corrected chi connectivity index (χ2v) is 6.88. The molecule has 7 heteroatoms. The number of benzene rings is 1. The zero-order chi connectivity index (χ0) is 16.8. The van der Waals surface area contributed by atoms with Gasteiger partial charge < -0.3 is 4.42 Å². The van der Waals surface area contributed by atoms with Gasteiger partial charge in [0, 0.05) is 10.9 Å². The van der Waals surface area contributed by atoms with Crippen molar-refractivity contribution in [2.45, 2.75) is 35.7 Å². The minimum Gasteiger partial charge on any atom is -0.372 e. The molecule has 3 aromatic rings. The summed E-state index contributed by atoms with van der Waals surface area (Å²) in [6.45, 7) is 1.97. The van der Waals surface area contributed by atoms with Crippen molar-refractivity contribution in [2.24, 2.45) is 0 Å². The molecule has 1 aliphatic carbocycles. The molecule has 0 radical (unpaired) electrons. The molecule has 0 atom stereocenters. The van der Waals surface area contributed by atoms with Gasteiger partial charge in [-0.3, -0.25) is 4.57 Å². The second-order valence-electron chi connectivity index (χ2n) is 5.82. The lowest BCUT2D eigenvalue weighted by molar-refractivity contribution is 0.415. The average molecular weight is 344 g/mol. The summed E-state index contributed by atoms with van der Waals surface area (Å²) in [5.41, 5.74) is 0.437. The van der Waals surface area contributed by atoms with Crippen LogP contribution in [0.25, 0.3) is 11.0 Å². The Balaban J connectivity index is 1.89. The third-order valence-electron chi connectivity index (χ3n) is 3.90. The van der Waals surface area contributed by atoms with E-state index in [2.05, 4.69) is 9.40 Å². The van der Waals surface area contributed by atoms with Gasteiger partial charge >= 0.3 is 11.4 Å². The highest BCUT2D eigenvalue weighted by atomic mass is 32.2. The van der Waals surface area contributed by atoms with Crippen LogP contribution in [-0.4, -0.2) is 9.55 Å². The first kappa shape index (κ1) is 15.1. The predicted octanol–water partition coefficient (Wildman–Crippen LogP) is 3.28. The largest absolute Gasteiger partial charge is 0.423 e. The van der Waals surface area contributed by atoms with Gasteiger partial charge in [0.05, 0.1) is 0 Å². The highest BCUT2D eigenvalue weighted by molar-refractivity contribution is 7.99. The Morgan fingerprint density at radius 1 is 1.25 bits per heavy atom. The predicted molar refractivity (Wildman–Crippen MR) is 88.1 cm³/mol. The number of halogens is 1. The fraction of sp³-hybridized carbons (Fsp3) is 0.235. The van der Waals surface area contributed by atoms with E-state index in [1.165, 1.54) is 4.57 Å². The van der Waals surface area contributed by atoms with E-state index < -0.39 is 17.2 Å². The molecule has 0 aliphatic heterocycles. The zero-order valence-electron chi connectivity index (χ0n) is 12.8. The van der Waals surface area contributed by atoms with E-state index >= 15 is 0 Å². The molecule has 0 unspecified atom stereocenters. The fourth-order valence-corrected chi connectivity index (χ4v) is 3.29. The summed E-state index contributed by atoms with van der Waals surface area (Å²) in [4.78, 5) is 28.9. The third kappa shape index (κ3) is 2.65. The molecule has 122 valence electrons. The monoisotopic (exact) mass is 344 g/mol. The Kier molecular flexibility index (Phi) is 3.53. The van der Waals surface area contributed by atoms with E-state index in [1.807, 2.05) is 31.2 Å². The molecule has 1 aliphatic rings. The van der Waals surface area contributed by atoms with Crippen molar-refractivity contribution in [2.75, 3.05) is 0 Å². The van der Waals surface area contributed by atoms with Gasteiger partial charge in [0.1, 0.15) is 10.4 Å².